The van der Waals surface area contributed by atoms with Crippen LogP contribution >= 0.6 is 0 Å². The molecule has 1 aliphatic carbocycles. The van der Waals surface area contributed by atoms with Gasteiger partial charge in [0.25, 0.3) is 0 Å². The van der Waals surface area contributed by atoms with Crippen molar-refractivity contribution < 1.29 is 9.53 Å². The van der Waals surface area contributed by atoms with Crippen LogP contribution in [0.2, 0.25) is 0 Å². The molecule has 4 rings (SSSR count). The first-order valence-electron chi connectivity index (χ1n) is 10.4. The van der Waals surface area contributed by atoms with Crippen LogP contribution in [0.1, 0.15) is 49.6 Å². The van der Waals surface area contributed by atoms with Crippen molar-refractivity contribution >= 4 is 5.91 Å². The van der Waals surface area contributed by atoms with Gasteiger partial charge in [-0.25, -0.2) is 0 Å². The number of aromatic nitrogens is 2. The zero-order chi connectivity index (χ0) is 19.6. The molecule has 0 radical (unpaired) electrons. The first kappa shape index (κ1) is 19.0. The summed E-state index contributed by atoms with van der Waals surface area (Å²) >= 11 is 0. The quantitative estimate of drug-likeness (QED) is 0.800. The van der Waals surface area contributed by atoms with Crippen LogP contribution in [0.4, 0.5) is 0 Å². The van der Waals surface area contributed by atoms with Gasteiger partial charge in [-0.1, -0.05) is 19.1 Å². The van der Waals surface area contributed by atoms with E-state index in [-0.39, 0.29) is 11.3 Å². The number of aryl methyl sites for hydroxylation is 1. The Balaban J connectivity index is 1.39. The van der Waals surface area contributed by atoms with E-state index in [1.54, 1.807) is 7.11 Å². The number of hydrogen-bond donors (Lipinski definition) is 1. The molecule has 6 nitrogen and oxygen atoms in total. The molecule has 1 aromatic carbocycles. The summed E-state index contributed by atoms with van der Waals surface area (Å²) in [5.41, 5.74) is 2.90. The molecule has 150 valence electrons. The molecule has 0 atom stereocenters. The lowest BCUT2D eigenvalue weighted by Gasteiger charge is -2.17. The first-order valence-corrected chi connectivity index (χ1v) is 10.4. The number of benzene rings is 1. The second kappa shape index (κ2) is 7.95. The fraction of sp³-hybridized carbons (Fsp3) is 0.545. The van der Waals surface area contributed by atoms with Crippen LogP contribution in [-0.2, 0) is 29.8 Å². The van der Waals surface area contributed by atoms with Crippen molar-refractivity contribution in [3.05, 3.63) is 47.3 Å². The Bertz CT molecular complexity index is 824. The maximum atomic E-state index is 12.9. The van der Waals surface area contributed by atoms with Gasteiger partial charge in [-0.05, 0) is 56.0 Å². The number of carbonyl (C=O) groups excluding carboxylic acids is 1. The van der Waals surface area contributed by atoms with Gasteiger partial charge >= 0.3 is 0 Å². The van der Waals surface area contributed by atoms with Gasteiger partial charge in [-0.3, -0.25) is 14.4 Å². The highest BCUT2D eigenvalue weighted by Crippen LogP contribution is 2.48. The summed E-state index contributed by atoms with van der Waals surface area (Å²) in [4.78, 5) is 15.4. The van der Waals surface area contributed by atoms with Gasteiger partial charge in [-0.2, -0.15) is 5.10 Å². The van der Waals surface area contributed by atoms with Crippen LogP contribution < -0.4 is 10.1 Å². The van der Waals surface area contributed by atoms with Crippen LogP contribution in [0.25, 0.3) is 0 Å². The summed E-state index contributed by atoms with van der Waals surface area (Å²) in [5.74, 6) is 0.921. The first-order chi connectivity index (χ1) is 13.6. The van der Waals surface area contributed by atoms with Crippen molar-refractivity contribution in [3.8, 4) is 5.75 Å². The molecule has 1 saturated carbocycles. The molecule has 2 aromatic rings. The predicted octanol–water partition coefficient (Wildman–Crippen LogP) is 2.86. The van der Waals surface area contributed by atoms with Crippen LogP contribution in [0, 0.1) is 0 Å². The number of nitrogens with zero attached hydrogens (tertiary/aromatic N) is 3. The maximum absolute atomic E-state index is 12.9. The fourth-order valence-corrected chi connectivity index (χ4v) is 4.20. The van der Waals surface area contributed by atoms with E-state index in [0.29, 0.717) is 6.54 Å². The van der Waals surface area contributed by atoms with Crippen molar-refractivity contribution in [2.24, 2.45) is 0 Å². The molecule has 0 bridgehead atoms. The summed E-state index contributed by atoms with van der Waals surface area (Å²) in [6, 6.07) is 10.0. The van der Waals surface area contributed by atoms with E-state index in [1.807, 2.05) is 24.3 Å². The molecule has 1 amide bonds. The SMILES string of the molecule is CCCN1CCCn2nc(CNC(=O)C3(c4ccc(OC)cc4)CC3)cc2C1. The molecule has 1 aromatic heterocycles. The minimum absolute atomic E-state index is 0.105. The second-order valence-corrected chi connectivity index (χ2v) is 7.97. The average molecular weight is 383 g/mol. The third kappa shape index (κ3) is 3.78. The highest BCUT2D eigenvalue weighted by Gasteiger charge is 2.51. The number of amides is 1. The van der Waals surface area contributed by atoms with Gasteiger partial charge in [0.05, 0.1) is 30.5 Å². The van der Waals surface area contributed by atoms with Crippen LogP contribution in [0.3, 0.4) is 0 Å². The number of rotatable bonds is 7. The van der Waals surface area contributed by atoms with E-state index in [2.05, 4.69) is 27.9 Å². The van der Waals surface area contributed by atoms with Crippen LogP contribution in [-0.4, -0.2) is 40.8 Å². The minimum Gasteiger partial charge on any atom is -0.497 e. The predicted molar refractivity (Wildman–Crippen MR) is 108 cm³/mol. The summed E-state index contributed by atoms with van der Waals surface area (Å²) in [6.45, 7) is 6.88. The molecule has 0 saturated heterocycles. The monoisotopic (exact) mass is 382 g/mol. The van der Waals surface area contributed by atoms with Crippen molar-refractivity contribution in [1.82, 2.24) is 20.0 Å². The lowest BCUT2D eigenvalue weighted by atomic mass is 9.95. The maximum Gasteiger partial charge on any atom is 0.230 e. The molecule has 28 heavy (non-hydrogen) atoms. The van der Waals surface area contributed by atoms with Crippen LogP contribution in [0.15, 0.2) is 30.3 Å². The number of methoxy groups -OCH3 is 1. The smallest absolute Gasteiger partial charge is 0.230 e. The Morgan fingerprint density at radius 3 is 2.71 bits per heavy atom. The lowest BCUT2D eigenvalue weighted by Crippen LogP contribution is -2.34. The van der Waals surface area contributed by atoms with Crippen molar-refractivity contribution in [2.75, 3.05) is 20.2 Å². The molecular weight excluding hydrogens is 352 g/mol. The van der Waals surface area contributed by atoms with Gasteiger partial charge in [0.1, 0.15) is 5.75 Å². The number of fused-ring (bicyclic) bond motifs is 1. The van der Waals surface area contributed by atoms with Gasteiger partial charge in [-0.15, -0.1) is 0 Å². The Morgan fingerprint density at radius 1 is 1.25 bits per heavy atom. The van der Waals surface area contributed by atoms with Gasteiger partial charge in [0, 0.05) is 19.6 Å². The summed E-state index contributed by atoms with van der Waals surface area (Å²) in [6.07, 6.45) is 4.10. The zero-order valence-electron chi connectivity index (χ0n) is 16.9. The third-order valence-corrected chi connectivity index (χ3v) is 5.94. The van der Waals surface area contributed by atoms with E-state index >= 15 is 0 Å². The van der Waals surface area contributed by atoms with Crippen LogP contribution in [0.5, 0.6) is 5.75 Å². The zero-order valence-corrected chi connectivity index (χ0v) is 16.9. The molecule has 1 N–H and O–H groups in total. The van der Waals surface area contributed by atoms with Crippen molar-refractivity contribution in [2.45, 2.75) is 57.7 Å². The molecule has 0 spiro atoms. The molecule has 6 heteroatoms. The van der Waals surface area contributed by atoms with E-state index in [9.17, 15) is 4.79 Å². The lowest BCUT2D eigenvalue weighted by molar-refractivity contribution is -0.123. The fourth-order valence-electron chi connectivity index (χ4n) is 4.20. The molecule has 2 heterocycles. The van der Waals surface area contributed by atoms with E-state index < -0.39 is 0 Å². The molecule has 2 aliphatic rings. The summed E-state index contributed by atoms with van der Waals surface area (Å²) in [5, 5.41) is 7.86. The number of carbonyl (C=O) groups is 1. The van der Waals surface area contributed by atoms with Gasteiger partial charge < -0.3 is 10.1 Å². The molecule has 1 aliphatic heterocycles. The van der Waals surface area contributed by atoms with Crippen molar-refractivity contribution in [1.29, 1.82) is 0 Å². The molecule has 1 fully saturated rings. The Kier molecular flexibility index (Phi) is 5.40. The highest BCUT2D eigenvalue weighted by molar-refractivity contribution is 5.91. The largest absolute Gasteiger partial charge is 0.497 e. The van der Waals surface area contributed by atoms with Crippen molar-refractivity contribution in [3.63, 3.8) is 0 Å². The topological polar surface area (TPSA) is 59.4 Å². The van der Waals surface area contributed by atoms with Gasteiger partial charge in [0.15, 0.2) is 0 Å². The minimum atomic E-state index is -0.374. The number of ether oxygens (including phenoxy) is 1. The van der Waals surface area contributed by atoms with E-state index in [4.69, 9.17) is 9.84 Å². The van der Waals surface area contributed by atoms with E-state index in [1.165, 1.54) is 12.1 Å². The standard InChI is InChI=1S/C22H30N4O2/c1-3-11-25-12-4-13-26-19(16-25)14-18(24-26)15-23-21(27)22(9-10-22)17-5-7-20(28-2)8-6-17/h5-8,14H,3-4,9-13,15-16H2,1-2H3,(H,23,27). The molecular formula is C22H30N4O2. The second-order valence-electron chi connectivity index (χ2n) is 7.97. The van der Waals surface area contributed by atoms with E-state index in [0.717, 1.165) is 62.4 Å². The number of nitrogens with one attached hydrogen (secondary N) is 1. The van der Waals surface area contributed by atoms with Gasteiger partial charge in [0.2, 0.25) is 5.91 Å². The Morgan fingerprint density at radius 2 is 2.04 bits per heavy atom. The Labute approximate surface area is 166 Å². The highest BCUT2D eigenvalue weighted by atomic mass is 16.5. The Hall–Kier alpha value is -2.34. The molecule has 0 unspecified atom stereocenters. The normalized spacial score (nSPS) is 18.2. The summed E-state index contributed by atoms with van der Waals surface area (Å²) < 4.78 is 7.34. The average Bonchev–Trinajstić information content (AvgIpc) is 3.47. The summed E-state index contributed by atoms with van der Waals surface area (Å²) in [7, 11) is 1.66. The number of hydrogen-bond acceptors (Lipinski definition) is 4. The third-order valence-electron chi connectivity index (χ3n) is 5.94.